The Morgan fingerprint density at radius 2 is 1.79 bits per heavy atom. The highest BCUT2D eigenvalue weighted by Crippen LogP contribution is 2.53. The topological polar surface area (TPSA) is 104 Å². The lowest BCUT2D eigenvalue weighted by molar-refractivity contribution is -0.152. The van der Waals surface area contributed by atoms with Crippen LogP contribution in [-0.2, 0) is 11.0 Å². The largest absolute Gasteiger partial charge is 0.431 e. The van der Waals surface area contributed by atoms with Crippen molar-refractivity contribution in [1.29, 1.82) is 0 Å². The number of aromatic nitrogens is 3. The molecule has 0 bridgehead atoms. The van der Waals surface area contributed by atoms with E-state index in [1.807, 2.05) is 0 Å². The van der Waals surface area contributed by atoms with Crippen molar-refractivity contribution in [2.45, 2.75) is 50.5 Å². The van der Waals surface area contributed by atoms with Gasteiger partial charge in [-0.05, 0) is 43.2 Å². The number of alkyl halides is 6. The summed E-state index contributed by atoms with van der Waals surface area (Å²) >= 11 is 0. The maximum absolute atomic E-state index is 13.1. The Morgan fingerprint density at radius 3 is 2.33 bits per heavy atom. The van der Waals surface area contributed by atoms with Crippen LogP contribution >= 0.6 is 0 Å². The molecule has 0 unspecified atom stereocenters. The fraction of sp³-hybridized carbons (Fsp3) is 0.579. The lowest BCUT2D eigenvalue weighted by Crippen LogP contribution is -2.48. The maximum atomic E-state index is 13.1. The Hall–Kier alpha value is -3.06. The fourth-order valence-electron chi connectivity index (χ4n) is 3.88. The molecule has 0 radical (unpaired) electrons. The molecule has 2 aliphatic rings. The van der Waals surface area contributed by atoms with Gasteiger partial charge in [0.25, 0.3) is 11.4 Å². The number of nitrogens with one attached hydrogen (secondary N) is 2. The van der Waals surface area contributed by atoms with Crippen LogP contribution in [0.2, 0.25) is 0 Å². The molecule has 33 heavy (non-hydrogen) atoms. The summed E-state index contributed by atoms with van der Waals surface area (Å²) in [6.45, 7) is 0.704. The van der Waals surface area contributed by atoms with Crippen LogP contribution in [0.5, 0.6) is 0 Å². The van der Waals surface area contributed by atoms with Gasteiger partial charge in [0.2, 0.25) is 5.91 Å². The fourth-order valence-corrected chi connectivity index (χ4v) is 3.88. The van der Waals surface area contributed by atoms with Crippen molar-refractivity contribution in [3.63, 3.8) is 0 Å². The van der Waals surface area contributed by atoms with Crippen LogP contribution in [0.4, 0.5) is 32.4 Å². The van der Waals surface area contributed by atoms with Crippen LogP contribution in [0.25, 0.3) is 11.5 Å². The number of carbonyl (C=O) groups excluding carboxylic acids is 1. The van der Waals surface area contributed by atoms with Gasteiger partial charge in [0.05, 0.1) is 6.42 Å². The van der Waals surface area contributed by atoms with Gasteiger partial charge < -0.3 is 19.6 Å². The molecule has 4 rings (SSSR count). The molecule has 1 saturated heterocycles. The Morgan fingerprint density at radius 1 is 1.12 bits per heavy atom. The van der Waals surface area contributed by atoms with Crippen LogP contribution in [0.1, 0.15) is 37.8 Å². The number of amides is 1. The second-order valence-electron chi connectivity index (χ2n) is 8.37. The van der Waals surface area contributed by atoms with E-state index in [0.29, 0.717) is 19.2 Å². The number of aromatic amines is 1. The number of H-pyrrole nitrogens is 1. The Labute approximate surface area is 182 Å². The minimum atomic E-state index is -4.78. The lowest BCUT2D eigenvalue weighted by Gasteiger charge is -2.34. The molecule has 2 aromatic rings. The minimum Gasteiger partial charge on any atom is -0.403 e. The van der Waals surface area contributed by atoms with Gasteiger partial charge in [-0.25, -0.2) is 0 Å². The third-order valence-corrected chi connectivity index (χ3v) is 5.99. The van der Waals surface area contributed by atoms with Gasteiger partial charge >= 0.3 is 18.4 Å². The summed E-state index contributed by atoms with van der Waals surface area (Å²) in [6.07, 6.45) is -7.35. The summed E-state index contributed by atoms with van der Waals surface area (Å²) in [4.78, 5) is 27.7. The molecular formula is C19H19F6N5O3. The van der Waals surface area contributed by atoms with E-state index >= 15 is 0 Å². The predicted molar refractivity (Wildman–Crippen MR) is 101 cm³/mol. The molecule has 180 valence electrons. The minimum absolute atomic E-state index is 0.222. The summed E-state index contributed by atoms with van der Waals surface area (Å²) in [7, 11) is 0. The third kappa shape index (κ3) is 5.30. The summed E-state index contributed by atoms with van der Waals surface area (Å²) in [6, 6.07) is -0.911. The number of rotatable bonds is 5. The van der Waals surface area contributed by atoms with E-state index in [-0.39, 0.29) is 5.41 Å². The first-order valence-corrected chi connectivity index (χ1v) is 10.1. The van der Waals surface area contributed by atoms with Crippen molar-refractivity contribution >= 4 is 11.9 Å². The number of hydrogen-bond acceptors (Lipinski definition) is 6. The van der Waals surface area contributed by atoms with E-state index < -0.39 is 59.4 Å². The number of carbonyl (C=O) groups is 1. The zero-order chi connectivity index (χ0) is 24.0. The Bertz CT molecular complexity index is 1080. The van der Waals surface area contributed by atoms with Crippen LogP contribution in [-0.4, -0.2) is 51.3 Å². The zero-order valence-corrected chi connectivity index (χ0v) is 17.0. The molecule has 1 spiro atoms. The number of anilines is 1. The molecule has 0 aromatic carbocycles. The lowest BCUT2D eigenvalue weighted by atomic mass is 9.93. The normalized spacial score (nSPS) is 18.9. The van der Waals surface area contributed by atoms with Crippen molar-refractivity contribution < 1.29 is 35.6 Å². The standard InChI is InChI=1S/C19H19F6N5O3/c20-18(21,22)9-11(15(32)30-7-5-17(3-4-17)6-8-30)26-16-29-28-14(33-16)10-1-2-12(19(23,24)25)27-13(10)31/h1-2,11H,3-9H2,(H,26,29)(H,27,31)/t11-/m1/s1. The van der Waals surface area contributed by atoms with E-state index in [1.165, 1.54) is 4.90 Å². The number of halogens is 6. The van der Waals surface area contributed by atoms with Gasteiger partial charge in [0.15, 0.2) is 0 Å². The van der Waals surface area contributed by atoms with Gasteiger partial charge in [-0.15, -0.1) is 5.10 Å². The van der Waals surface area contributed by atoms with E-state index in [0.717, 1.165) is 31.7 Å². The van der Waals surface area contributed by atoms with Gasteiger partial charge in [0, 0.05) is 13.1 Å². The molecule has 1 saturated carbocycles. The van der Waals surface area contributed by atoms with Crippen molar-refractivity contribution in [1.82, 2.24) is 20.1 Å². The van der Waals surface area contributed by atoms with E-state index in [4.69, 9.17) is 4.42 Å². The molecule has 2 aromatic heterocycles. The smallest absolute Gasteiger partial charge is 0.403 e. The average Bonchev–Trinajstić information content (AvgIpc) is 3.30. The van der Waals surface area contributed by atoms with E-state index in [9.17, 15) is 35.9 Å². The molecule has 1 aliphatic carbocycles. The van der Waals surface area contributed by atoms with E-state index in [1.54, 1.807) is 4.98 Å². The summed E-state index contributed by atoms with van der Waals surface area (Å²) in [5.41, 5.74) is -2.66. The van der Waals surface area contributed by atoms with Gasteiger partial charge in [0.1, 0.15) is 17.3 Å². The number of likely N-dealkylation sites (tertiary alicyclic amines) is 1. The first-order chi connectivity index (χ1) is 15.4. The van der Waals surface area contributed by atoms with Crippen molar-refractivity contribution in [2.24, 2.45) is 5.41 Å². The second-order valence-corrected chi connectivity index (χ2v) is 8.37. The highest BCUT2D eigenvalue weighted by molar-refractivity contribution is 5.84. The average molecular weight is 479 g/mol. The van der Waals surface area contributed by atoms with Gasteiger partial charge in [-0.3, -0.25) is 9.59 Å². The summed E-state index contributed by atoms with van der Waals surface area (Å²) in [5, 5.41) is 9.27. The van der Waals surface area contributed by atoms with Gasteiger partial charge in [-0.2, -0.15) is 26.3 Å². The third-order valence-electron chi connectivity index (χ3n) is 5.99. The number of pyridine rings is 1. The Kier molecular flexibility index (Phi) is 5.65. The molecule has 1 aliphatic heterocycles. The first-order valence-electron chi connectivity index (χ1n) is 10.1. The Balaban J connectivity index is 1.50. The van der Waals surface area contributed by atoms with E-state index in [2.05, 4.69) is 15.5 Å². The monoisotopic (exact) mass is 479 g/mol. The van der Waals surface area contributed by atoms with Crippen molar-refractivity contribution in [3.8, 4) is 11.5 Å². The molecule has 2 fully saturated rings. The number of nitrogens with zero attached hydrogens (tertiary/aromatic N) is 3. The van der Waals surface area contributed by atoms with Crippen LogP contribution < -0.4 is 10.9 Å². The van der Waals surface area contributed by atoms with Crippen LogP contribution in [0.15, 0.2) is 21.3 Å². The molecule has 1 atom stereocenters. The summed E-state index contributed by atoms with van der Waals surface area (Å²) < 4.78 is 82.6. The number of hydrogen-bond donors (Lipinski definition) is 2. The highest BCUT2D eigenvalue weighted by Gasteiger charge is 2.46. The molecular weight excluding hydrogens is 460 g/mol. The molecule has 8 nitrogen and oxygen atoms in total. The predicted octanol–water partition coefficient (Wildman–Crippen LogP) is 3.58. The van der Waals surface area contributed by atoms with Gasteiger partial charge in [-0.1, -0.05) is 5.10 Å². The first kappa shape index (κ1) is 23.1. The second kappa shape index (κ2) is 8.06. The van der Waals surface area contributed by atoms with Crippen molar-refractivity contribution in [2.75, 3.05) is 18.4 Å². The molecule has 3 heterocycles. The molecule has 2 N–H and O–H groups in total. The van der Waals surface area contributed by atoms with Crippen LogP contribution in [0.3, 0.4) is 0 Å². The quantitative estimate of drug-likeness (QED) is 0.636. The number of piperidine rings is 1. The molecule has 1 amide bonds. The highest BCUT2D eigenvalue weighted by atomic mass is 19.4. The maximum Gasteiger partial charge on any atom is 0.431 e. The van der Waals surface area contributed by atoms with Crippen molar-refractivity contribution in [3.05, 3.63) is 28.2 Å². The summed E-state index contributed by atoms with van der Waals surface area (Å²) in [5.74, 6) is -1.28. The molecule has 14 heteroatoms. The van der Waals surface area contributed by atoms with Crippen LogP contribution in [0, 0.1) is 5.41 Å². The zero-order valence-electron chi connectivity index (χ0n) is 17.0. The SMILES string of the molecule is O=C([C@@H](CC(F)(F)F)Nc1nnc(-c2ccc(C(F)(F)F)[nH]c2=O)o1)N1CCC2(CC1)CC2.